The van der Waals surface area contributed by atoms with Gasteiger partial charge in [0.15, 0.2) is 0 Å². The van der Waals surface area contributed by atoms with E-state index in [1.165, 1.54) is 19.4 Å². The molecule has 6 heteroatoms. The molecule has 1 amide bonds. The van der Waals surface area contributed by atoms with Crippen molar-refractivity contribution in [3.8, 4) is 11.5 Å². The first-order valence-electron chi connectivity index (χ1n) is 10.0. The summed E-state index contributed by atoms with van der Waals surface area (Å²) in [7, 11) is 3.20. The maximum atomic E-state index is 13.0. The van der Waals surface area contributed by atoms with E-state index < -0.39 is 0 Å². The molecule has 0 aromatic heterocycles. The lowest BCUT2D eigenvalue weighted by Crippen LogP contribution is -2.64. The highest BCUT2D eigenvalue weighted by Gasteiger charge is 2.41. The molecule has 1 saturated carbocycles. The van der Waals surface area contributed by atoms with Crippen molar-refractivity contribution in [1.82, 2.24) is 9.80 Å². The summed E-state index contributed by atoms with van der Waals surface area (Å²) in [5.41, 5.74) is 0.608. The predicted molar refractivity (Wildman–Crippen MR) is 103 cm³/mol. The summed E-state index contributed by atoms with van der Waals surface area (Å²) in [6.07, 6.45) is 4.95. The Morgan fingerprint density at radius 1 is 1.11 bits per heavy atom. The minimum Gasteiger partial charge on any atom is -0.497 e. The summed E-state index contributed by atoms with van der Waals surface area (Å²) in [6, 6.07) is 6.47. The first-order chi connectivity index (χ1) is 13.2. The number of hydrogen-bond donors (Lipinski definition) is 0. The van der Waals surface area contributed by atoms with E-state index in [0.717, 1.165) is 45.1 Å². The molecule has 2 aliphatic heterocycles. The Hall–Kier alpha value is -1.79. The first kappa shape index (κ1) is 18.6. The van der Waals surface area contributed by atoms with Crippen molar-refractivity contribution in [2.24, 2.45) is 5.92 Å². The number of hydrogen-bond acceptors (Lipinski definition) is 5. The van der Waals surface area contributed by atoms with Crippen molar-refractivity contribution in [3.63, 3.8) is 0 Å². The summed E-state index contributed by atoms with van der Waals surface area (Å²) in [4.78, 5) is 17.6. The average Bonchev–Trinajstić information content (AvgIpc) is 3.50. The van der Waals surface area contributed by atoms with E-state index in [-0.39, 0.29) is 5.91 Å². The van der Waals surface area contributed by atoms with Crippen LogP contribution in [0, 0.1) is 5.92 Å². The molecule has 0 bridgehead atoms. The van der Waals surface area contributed by atoms with Gasteiger partial charge in [0.25, 0.3) is 5.91 Å². The summed E-state index contributed by atoms with van der Waals surface area (Å²) < 4.78 is 16.2. The molecule has 0 N–H and O–H groups in total. The van der Waals surface area contributed by atoms with Crippen LogP contribution in [0.15, 0.2) is 18.2 Å². The van der Waals surface area contributed by atoms with Gasteiger partial charge in [0.05, 0.1) is 19.8 Å². The predicted octanol–water partition coefficient (Wildman–Crippen LogP) is 2.42. The summed E-state index contributed by atoms with van der Waals surface area (Å²) in [5, 5.41) is 0. The van der Waals surface area contributed by atoms with Crippen molar-refractivity contribution in [1.29, 1.82) is 0 Å². The van der Waals surface area contributed by atoms with Crippen LogP contribution in [0.25, 0.3) is 0 Å². The summed E-state index contributed by atoms with van der Waals surface area (Å²) in [5.74, 6) is 2.17. The maximum absolute atomic E-state index is 13.0. The highest BCUT2D eigenvalue weighted by Crippen LogP contribution is 2.34. The van der Waals surface area contributed by atoms with Crippen LogP contribution in [0.4, 0.5) is 0 Å². The quantitative estimate of drug-likeness (QED) is 0.734. The Kier molecular flexibility index (Phi) is 5.55. The van der Waals surface area contributed by atoms with E-state index in [4.69, 9.17) is 14.2 Å². The molecule has 27 heavy (non-hydrogen) atoms. The highest BCUT2D eigenvalue weighted by atomic mass is 16.5. The third kappa shape index (κ3) is 4.06. The molecule has 1 aromatic carbocycles. The number of nitrogens with zero attached hydrogens (tertiary/aromatic N) is 2. The van der Waals surface area contributed by atoms with Gasteiger partial charge in [-0.05, 0) is 43.7 Å². The van der Waals surface area contributed by atoms with Gasteiger partial charge in [0.2, 0.25) is 0 Å². The van der Waals surface area contributed by atoms with Crippen LogP contribution in [0.3, 0.4) is 0 Å². The van der Waals surface area contributed by atoms with Crippen LogP contribution in [-0.4, -0.2) is 74.9 Å². The number of ether oxygens (including phenoxy) is 3. The number of rotatable bonds is 7. The zero-order chi connectivity index (χ0) is 18.8. The van der Waals surface area contributed by atoms with Gasteiger partial charge in [-0.3, -0.25) is 9.69 Å². The second kappa shape index (κ2) is 8.07. The van der Waals surface area contributed by atoms with Gasteiger partial charge >= 0.3 is 0 Å². The molecular weight excluding hydrogens is 344 g/mol. The number of methoxy groups -OCH3 is 2. The van der Waals surface area contributed by atoms with Gasteiger partial charge in [-0.1, -0.05) is 0 Å². The van der Waals surface area contributed by atoms with Crippen molar-refractivity contribution in [2.45, 2.75) is 37.8 Å². The Morgan fingerprint density at radius 2 is 1.85 bits per heavy atom. The van der Waals surface area contributed by atoms with Crippen molar-refractivity contribution < 1.29 is 19.0 Å². The first-order valence-corrected chi connectivity index (χ1v) is 10.0. The standard InChI is InChI=1S/C21H30N2O4/c1-25-18-5-6-19(20(11-18)26-2)21(24)22-13-17(14-22)23(12-15-3-4-15)16-7-9-27-10-8-16/h5-6,11,15-17H,3-4,7-10,12-14H2,1-2H3. The van der Waals surface area contributed by atoms with Gasteiger partial charge in [0.1, 0.15) is 11.5 Å². The largest absolute Gasteiger partial charge is 0.497 e. The Bertz CT molecular complexity index is 664. The average molecular weight is 374 g/mol. The second-order valence-corrected chi connectivity index (χ2v) is 7.91. The van der Waals surface area contributed by atoms with Crippen LogP contribution in [0.1, 0.15) is 36.0 Å². The number of benzene rings is 1. The second-order valence-electron chi connectivity index (χ2n) is 7.91. The Labute approximate surface area is 161 Å². The fourth-order valence-corrected chi connectivity index (χ4v) is 4.19. The monoisotopic (exact) mass is 374 g/mol. The Balaban J connectivity index is 1.40. The topological polar surface area (TPSA) is 51.2 Å². The van der Waals surface area contributed by atoms with Crippen LogP contribution in [-0.2, 0) is 4.74 Å². The van der Waals surface area contributed by atoms with Crippen LogP contribution < -0.4 is 9.47 Å². The van der Waals surface area contributed by atoms with Crippen LogP contribution in [0.5, 0.6) is 11.5 Å². The molecule has 148 valence electrons. The molecule has 4 rings (SSSR count). The van der Waals surface area contributed by atoms with E-state index in [2.05, 4.69) is 4.90 Å². The zero-order valence-electron chi connectivity index (χ0n) is 16.4. The molecule has 6 nitrogen and oxygen atoms in total. The molecular formula is C21H30N2O4. The summed E-state index contributed by atoms with van der Waals surface area (Å²) in [6.45, 7) is 4.52. The molecule has 1 aromatic rings. The van der Waals surface area contributed by atoms with Crippen LogP contribution >= 0.6 is 0 Å². The van der Waals surface area contributed by atoms with Crippen molar-refractivity contribution >= 4 is 5.91 Å². The molecule has 3 fully saturated rings. The molecule has 2 saturated heterocycles. The Morgan fingerprint density at radius 3 is 2.48 bits per heavy atom. The van der Waals surface area contributed by atoms with E-state index >= 15 is 0 Å². The maximum Gasteiger partial charge on any atom is 0.257 e. The molecule has 1 aliphatic carbocycles. The smallest absolute Gasteiger partial charge is 0.257 e. The minimum absolute atomic E-state index is 0.0455. The van der Waals surface area contributed by atoms with Gasteiger partial charge in [-0.2, -0.15) is 0 Å². The van der Waals surface area contributed by atoms with Crippen molar-refractivity contribution in [2.75, 3.05) is 47.1 Å². The fourth-order valence-electron chi connectivity index (χ4n) is 4.19. The molecule has 3 aliphatic rings. The van der Waals surface area contributed by atoms with Gasteiger partial charge in [0, 0.05) is 51.0 Å². The molecule has 0 radical (unpaired) electrons. The fraction of sp³-hybridized carbons (Fsp3) is 0.667. The van der Waals surface area contributed by atoms with E-state index in [1.807, 2.05) is 11.0 Å². The third-order valence-electron chi connectivity index (χ3n) is 6.08. The lowest BCUT2D eigenvalue weighted by molar-refractivity contribution is -0.0267. The zero-order valence-corrected chi connectivity index (χ0v) is 16.4. The molecule has 0 atom stereocenters. The van der Waals surface area contributed by atoms with Crippen LogP contribution in [0.2, 0.25) is 0 Å². The lowest BCUT2D eigenvalue weighted by Gasteiger charge is -2.49. The number of likely N-dealkylation sites (tertiary alicyclic amines) is 1. The molecule has 0 unspecified atom stereocenters. The third-order valence-corrected chi connectivity index (χ3v) is 6.08. The molecule has 2 heterocycles. The van der Waals surface area contributed by atoms with E-state index in [0.29, 0.717) is 29.1 Å². The lowest BCUT2D eigenvalue weighted by atomic mass is 9.98. The summed E-state index contributed by atoms with van der Waals surface area (Å²) >= 11 is 0. The van der Waals surface area contributed by atoms with Gasteiger partial charge in [-0.15, -0.1) is 0 Å². The number of carbonyl (C=O) groups is 1. The van der Waals surface area contributed by atoms with E-state index in [1.54, 1.807) is 26.4 Å². The van der Waals surface area contributed by atoms with Gasteiger partial charge < -0.3 is 19.1 Å². The van der Waals surface area contributed by atoms with Gasteiger partial charge in [-0.25, -0.2) is 0 Å². The van der Waals surface area contributed by atoms with E-state index in [9.17, 15) is 4.79 Å². The highest BCUT2D eigenvalue weighted by molar-refractivity contribution is 5.97. The normalized spacial score (nSPS) is 21.2. The number of carbonyl (C=O) groups excluding carboxylic acids is 1. The van der Waals surface area contributed by atoms with Crippen molar-refractivity contribution in [3.05, 3.63) is 23.8 Å². The molecule has 0 spiro atoms. The SMILES string of the molecule is COc1ccc(C(=O)N2CC(N(CC3CC3)C3CCOCC3)C2)c(OC)c1. The number of amides is 1. The minimum atomic E-state index is 0.0455.